The fourth-order valence-corrected chi connectivity index (χ4v) is 2.91. The number of fused-ring (bicyclic) bond motifs is 1. The van der Waals surface area contributed by atoms with Gasteiger partial charge in [0.2, 0.25) is 5.91 Å². The fourth-order valence-electron chi connectivity index (χ4n) is 2.91. The molecule has 1 aliphatic heterocycles. The van der Waals surface area contributed by atoms with Crippen LogP contribution >= 0.6 is 12.4 Å². The van der Waals surface area contributed by atoms with Gasteiger partial charge in [0.15, 0.2) is 0 Å². The third kappa shape index (κ3) is 4.67. The van der Waals surface area contributed by atoms with Gasteiger partial charge in [0.1, 0.15) is 0 Å². The van der Waals surface area contributed by atoms with Crippen LogP contribution < -0.4 is 10.6 Å². The molecule has 3 rings (SSSR count). The highest BCUT2D eigenvalue weighted by Gasteiger charge is 2.24. The molecule has 0 aliphatic carbocycles. The third-order valence-electron chi connectivity index (χ3n) is 4.32. The second-order valence-corrected chi connectivity index (χ2v) is 5.97. The van der Waals surface area contributed by atoms with Crippen LogP contribution in [0.15, 0.2) is 42.5 Å². The summed E-state index contributed by atoms with van der Waals surface area (Å²) in [6.07, 6.45) is 0.872. The van der Waals surface area contributed by atoms with Gasteiger partial charge in [0.25, 0.3) is 0 Å². The molecule has 2 aromatic carbocycles. The number of hydrogen-bond donors (Lipinski definition) is 3. The molecule has 1 saturated heterocycles. The topological polar surface area (TPSA) is 61.4 Å². The van der Waals surface area contributed by atoms with E-state index in [1.807, 2.05) is 12.1 Å². The Labute approximate surface area is 142 Å². The third-order valence-corrected chi connectivity index (χ3v) is 4.32. The summed E-state index contributed by atoms with van der Waals surface area (Å²) in [5, 5.41) is 18.2. The van der Waals surface area contributed by atoms with Gasteiger partial charge in [0.05, 0.1) is 6.10 Å². The lowest BCUT2D eigenvalue weighted by molar-refractivity contribution is -0.121. The molecule has 2 atom stereocenters. The molecule has 5 heteroatoms. The summed E-state index contributed by atoms with van der Waals surface area (Å²) >= 11 is 0. The number of nitrogens with one attached hydrogen (secondary N) is 2. The number of benzene rings is 2. The predicted octanol–water partition coefficient (Wildman–Crippen LogP) is 1.89. The van der Waals surface area contributed by atoms with Crippen LogP contribution in [0.4, 0.5) is 0 Å². The molecule has 124 valence electrons. The quantitative estimate of drug-likeness (QED) is 0.782. The van der Waals surface area contributed by atoms with Gasteiger partial charge >= 0.3 is 0 Å². The Hall–Kier alpha value is -1.62. The molecule has 0 bridgehead atoms. The van der Waals surface area contributed by atoms with Gasteiger partial charge in [-0.05, 0) is 22.8 Å². The summed E-state index contributed by atoms with van der Waals surface area (Å²) < 4.78 is 0. The van der Waals surface area contributed by atoms with E-state index < -0.39 is 0 Å². The van der Waals surface area contributed by atoms with Gasteiger partial charge in [-0.1, -0.05) is 42.5 Å². The van der Waals surface area contributed by atoms with Gasteiger partial charge in [-0.3, -0.25) is 4.79 Å². The highest BCUT2D eigenvalue weighted by molar-refractivity contribution is 5.85. The molecule has 1 aliphatic rings. The second kappa shape index (κ2) is 8.29. The lowest BCUT2D eigenvalue weighted by Crippen LogP contribution is -2.34. The maximum atomic E-state index is 11.9. The monoisotopic (exact) mass is 334 g/mol. The van der Waals surface area contributed by atoms with E-state index in [0.717, 1.165) is 13.0 Å². The molecule has 2 aromatic rings. The van der Waals surface area contributed by atoms with Gasteiger partial charge in [-0.2, -0.15) is 0 Å². The first-order valence-electron chi connectivity index (χ1n) is 7.85. The predicted molar refractivity (Wildman–Crippen MR) is 94.9 cm³/mol. The summed E-state index contributed by atoms with van der Waals surface area (Å²) in [5.74, 6) is 0.178. The van der Waals surface area contributed by atoms with Gasteiger partial charge < -0.3 is 15.7 Å². The standard InChI is InChI=1S/C18H22N2O2.ClH/c21-17-12-19-10-16(17)11-20-18(22)8-6-13-5-7-14-3-1-2-4-15(14)9-13;/h1-5,7,9,16-17,19,21H,6,8,10-12H2,(H,20,22);1H. The SMILES string of the molecule is Cl.O=C(CCc1ccc2ccccc2c1)NCC1CNCC1O. The number of aliphatic hydroxyl groups is 1. The van der Waals surface area contributed by atoms with Gasteiger partial charge in [0, 0.05) is 32.0 Å². The Bertz CT molecular complexity index is 662. The molecular formula is C18H23ClN2O2. The number of β-amino-alcohol motifs (C(OH)–C–C–N with tert-alkyl or cyclic N) is 1. The van der Waals surface area contributed by atoms with Crippen molar-refractivity contribution in [3.8, 4) is 0 Å². The van der Waals surface area contributed by atoms with Crippen molar-refractivity contribution in [1.29, 1.82) is 0 Å². The van der Waals surface area contributed by atoms with Crippen molar-refractivity contribution in [3.63, 3.8) is 0 Å². The maximum Gasteiger partial charge on any atom is 0.220 e. The Morgan fingerprint density at radius 3 is 2.70 bits per heavy atom. The van der Waals surface area contributed by atoms with E-state index in [0.29, 0.717) is 19.5 Å². The van der Waals surface area contributed by atoms with Crippen molar-refractivity contribution in [2.24, 2.45) is 5.92 Å². The lowest BCUT2D eigenvalue weighted by Gasteiger charge is -2.14. The van der Waals surface area contributed by atoms with E-state index in [1.165, 1.54) is 16.3 Å². The molecule has 0 radical (unpaired) electrons. The Kier molecular flexibility index (Phi) is 6.39. The number of amides is 1. The molecule has 1 amide bonds. The average molecular weight is 335 g/mol. The van der Waals surface area contributed by atoms with Crippen LogP contribution in [-0.2, 0) is 11.2 Å². The van der Waals surface area contributed by atoms with Crippen LogP contribution in [0.5, 0.6) is 0 Å². The smallest absolute Gasteiger partial charge is 0.220 e. The first-order valence-corrected chi connectivity index (χ1v) is 7.85. The molecule has 1 heterocycles. The second-order valence-electron chi connectivity index (χ2n) is 5.97. The van der Waals surface area contributed by atoms with Gasteiger partial charge in [-0.25, -0.2) is 0 Å². The summed E-state index contributed by atoms with van der Waals surface area (Å²) in [7, 11) is 0. The van der Waals surface area contributed by atoms with Crippen molar-refractivity contribution in [2.75, 3.05) is 19.6 Å². The zero-order valence-corrected chi connectivity index (χ0v) is 13.8. The number of aliphatic hydroxyl groups excluding tert-OH is 1. The van der Waals surface area contributed by atoms with Gasteiger partial charge in [-0.15, -0.1) is 12.4 Å². The largest absolute Gasteiger partial charge is 0.391 e. The van der Waals surface area contributed by atoms with Crippen LogP contribution in [0.1, 0.15) is 12.0 Å². The molecule has 1 fully saturated rings. The van der Waals surface area contributed by atoms with E-state index in [1.54, 1.807) is 0 Å². The summed E-state index contributed by atoms with van der Waals surface area (Å²) in [4.78, 5) is 11.9. The van der Waals surface area contributed by atoms with Crippen LogP contribution in [-0.4, -0.2) is 36.8 Å². The first-order chi connectivity index (χ1) is 10.7. The highest BCUT2D eigenvalue weighted by atomic mass is 35.5. The molecule has 3 N–H and O–H groups in total. The minimum absolute atomic E-state index is 0. The Morgan fingerprint density at radius 2 is 1.96 bits per heavy atom. The number of carbonyl (C=O) groups is 1. The van der Waals surface area contributed by atoms with Crippen LogP contribution in [0.2, 0.25) is 0 Å². The van der Waals surface area contributed by atoms with E-state index in [2.05, 4.69) is 41.0 Å². The number of halogens is 1. The Balaban J connectivity index is 0.00000192. The zero-order valence-electron chi connectivity index (χ0n) is 13.0. The molecule has 23 heavy (non-hydrogen) atoms. The normalized spacial score (nSPS) is 20.2. The molecule has 4 nitrogen and oxygen atoms in total. The van der Waals surface area contributed by atoms with Crippen molar-refractivity contribution in [1.82, 2.24) is 10.6 Å². The van der Waals surface area contributed by atoms with E-state index >= 15 is 0 Å². The summed E-state index contributed by atoms with van der Waals surface area (Å²) in [5.41, 5.74) is 1.18. The average Bonchev–Trinajstić information content (AvgIpc) is 2.96. The van der Waals surface area contributed by atoms with E-state index in [-0.39, 0.29) is 30.3 Å². The van der Waals surface area contributed by atoms with Crippen LogP contribution in [0.3, 0.4) is 0 Å². The van der Waals surface area contributed by atoms with Crippen molar-refractivity contribution in [2.45, 2.75) is 18.9 Å². The van der Waals surface area contributed by atoms with Crippen molar-refractivity contribution in [3.05, 3.63) is 48.0 Å². The Morgan fingerprint density at radius 1 is 1.17 bits per heavy atom. The summed E-state index contributed by atoms with van der Waals surface area (Å²) in [6, 6.07) is 14.6. The summed E-state index contributed by atoms with van der Waals surface area (Å²) in [6.45, 7) is 1.94. The molecule has 2 unspecified atom stereocenters. The first kappa shape index (κ1) is 17.7. The van der Waals surface area contributed by atoms with E-state index in [4.69, 9.17) is 0 Å². The maximum absolute atomic E-state index is 11.9. The van der Waals surface area contributed by atoms with Crippen molar-refractivity contribution < 1.29 is 9.90 Å². The van der Waals surface area contributed by atoms with Crippen LogP contribution in [0.25, 0.3) is 10.8 Å². The highest BCUT2D eigenvalue weighted by Crippen LogP contribution is 2.16. The number of rotatable bonds is 5. The number of aryl methyl sites for hydroxylation is 1. The number of hydrogen-bond acceptors (Lipinski definition) is 3. The van der Waals surface area contributed by atoms with Crippen molar-refractivity contribution >= 4 is 29.1 Å². The van der Waals surface area contributed by atoms with Crippen LogP contribution in [0, 0.1) is 5.92 Å². The minimum atomic E-state index is -0.346. The fraction of sp³-hybridized carbons (Fsp3) is 0.389. The van der Waals surface area contributed by atoms with E-state index in [9.17, 15) is 9.90 Å². The molecular weight excluding hydrogens is 312 g/mol. The number of carbonyl (C=O) groups excluding carboxylic acids is 1. The zero-order chi connectivity index (χ0) is 15.4. The molecule has 0 saturated carbocycles. The molecule has 0 aromatic heterocycles. The minimum Gasteiger partial charge on any atom is -0.391 e. The lowest BCUT2D eigenvalue weighted by atomic mass is 10.0. The molecule has 0 spiro atoms.